The van der Waals surface area contributed by atoms with Crippen LogP contribution in [0.4, 0.5) is 11.5 Å². The number of pyridine rings is 1. The molecule has 138 valence electrons. The molecule has 0 spiro atoms. The van der Waals surface area contributed by atoms with Gasteiger partial charge in [-0.25, -0.2) is 9.78 Å². The summed E-state index contributed by atoms with van der Waals surface area (Å²) in [5.41, 5.74) is 3.51. The molecule has 3 rings (SSSR count). The van der Waals surface area contributed by atoms with E-state index in [1.807, 2.05) is 6.07 Å². The fraction of sp³-hybridized carbons (Fsp3) is 0.368. The highest BCUT2D eigenvalue weighted by atomic mass is 79.9. The van der Waals surface area contributed by atoms with E-state index in [0.29, 0.717) is 17.8 Å². The second kappa shape index (κ2) is 8.51. The number of carbonyl (C=O) groups is 1. The molecular formula is C19H22BrN3O3. The van der Waals surface area contributed by atoms with Crippen LogP contribution in [0.1, 0.15) is 21.6 Å². The molecule has 0 amide bonds. The minimum absolute atomic E-state index is 0.371. The van der Waals surface area contributed by atoms with Crippen LogP contribution < -0.4 is 10.2 Å². The van der Waals surface area contributed by atoms with E-state index in [-0.39, 0.29) is 5.97 Å². The summed E-state index contributed by atoms with van der Waals surface area (Å²) in [6, 6.07) is 9.83. The minimum Gasteiger partial charge on any atom is -0.465 e. The molecule has 0 radical (unpaired) electrons. The fourth-order valence-corrected chi connectivity index (χ4v) is 3.31. The maximum absolute atomic E-state index is 11.7. The Bertz CT molecular complexity index is 792. The summed E-state index contributed by atoms with van der Waals surface area (Å²) in [5, 5.41) is 3.35. The van der Waals surface area contributed by atoms with Crippen molar-refractivity contribution < 1.29 is 14.3 Å². The third kappa shape index (κ3) is 4.34. The first-order valence-electron chi connectivity index (χ1n) is 8.49. The molecule has 0 saturated carbocycles. The van der Waals surface area contributed by atoms with Crippen molar-refractivity contribution in [2.45, 2.75) is 13.5 Å². The van der Waals surface area contributed by atoms with Crippen LogP contribution in [-0.2, 0) is 16.0 Å². The van der Waals surface area contributed by atoms with Crippen molar-refractivity contribution in [3.05, 3.63) is 51.6 Å². The smallest absolute Gasteiger partial charge is 0.339 e. The fourth-order valence-electron chi connectivity index (χ4n) is 2.96. The normalized spacial score (nSPS) is 14.2. The second-order valence-corrected chi connectivity index (χ2v) is 6.96. The van der Waals surface area contributed by atoms with Crippen molar-refractivity contribution >= 4 is 33.4 Å². The molecule has 1 aromatic carbocycles. The predicted molar refractivity (Wildman–Crippen MR) is 105 cm³/mol. The number of esters is 1. The van der Waals surface area contributed by atoms with Gasteiger partial charge in [0.2, 0.25) is 0 Å². The van der Waals surface area contributed by atoms with Crippen LogP contribution in [0.15, 0.2) is 34.8 Å². The number of benzene rings is 1. The Labute approximate surface area is 161 Å². The van der Waals surface area contributed by atoms with Crippen LogP contribution in [-0.4, -0.2) is 44.4 Å². The Kier molecular flexibility index (Phi) is 6.11. The topological polar surface area (TPSA) is 63.7 Å². The molecule has 1 aromatic heterocycles. The summed E-state index contributed by atoms with van der Waals surface area (Å²) < 4.78 is 11.3. The van der Waals surface area contributed by atoms with Gasteiger partial charge < -0.3 is 19.7 Å². The number of aryl methyl sites for hydroxylation is 1. The molecule has 6 nitrogen and oxygen atoms in total. The van der Waals surface area contributed by atoms with Crippen molar-refractivity contribution in [1.82, 2.24) is 4.98 Å². The number of aromatic nitrogens is 1. The van der Waals surface area contributed by atoms with E-state index >= 15 is 0 Å². The van der Waals surface area contributed by atoms with Gasteiger partial charge in [-0.1, -0.05) is 22.0 Å². The molecule has 26 heavy (non-hydrogen) atoms. The summed E-state index contributed by atoms with van der Waals surface area (Å²) in [6.45, 7) is 5.70. The summed E-state index contributed by atoms with van der Waals surface area (Å²) in [4.78, 5) is 18.5. The molecule has 1 aliphatic heterocycles. The summed E-state index contributed by atoms with van der Waals surface area (Å²) in [7, 11) is 1.37. The second-order valence-electron chi connectivity index (χ2n) is 6.05. The molecule has 2 aromatic rings. The van der Waals surface area contributed by atoms with Crippen molar-refractivity contribution in [3.8, 4) is 0 Å². The molecule has 0 atom stereocenters. The van der Waals surface area contributed by atoms with Crippen molar-refractivity contribution in [2.75, 3.05) is 43.6 Å². The molecule has 1 aliphatic rings. The van der Waals surface area contributed by atoms with E-state index in [9.17, 15) is 4.79 Å². The summed E-state index contributed by atoms with van der Waals surface area (Å²) in [5.74, 6) is 0.357. The highest BCUT2D eigenvalue weighted by molar-refractivity contribution is 9.10. The van der Waals surface area contributed by atoms with Gasteiger partial charge in [-0.05, 0) is 36.8 Å². The number of methoxy groups -OCH3 is 1. The average Bonchev–Trinajstić information content (AvgIpc) is 2.67. The Balaban J connectivity index is 1.75. The zero-order chi connectivity index (χ0) is 18.5. The van der Waals surface area contributed by atoms with Crippen LogP contribution in [0, 0.1) is 6.92 Å². The zero-order valence-corrected chi connectivity index (χ0v) is 16.5. The van der Waals surface area contributed by atoms with Crippen LogP contribution >= 0.6 is 15.9 Å². The number of hydrogen-bond donors (Lipinski definition) is 1. The standard InChI is InChI=1S/C19H22BrN3O3/c1-13-16(19(24)25-2)5-6-18(22-13)21-12-14-3-4-15(20)11-17(14)23-7-9-26-10-8-23/h3-6,11H,7-10,12H2,1-2H3,(H,21,22). The third-order valence-electron chi connectivity index (χ3n) is 4.35. The molecule has 0 unspecified atom stereocenters. The summed E-state index contributed by atoms with van der Waals surface area (Å²) in [6.07, 6.45) is 0. The largest absolute Gasteiger partial charge is 0.465 e. The molecule has 1 N–H and O–H groups in total. The van der Waals surface area contributed by atoms with Gasteiger partial charge >= 0.3 is 5.97 Å². The monoisotopic (exact) mass is 419 g/mol. The van der Waals surface area contributed by atoms with Crippen LogP contribution in [0.2, 0.25) is 0 Å². The molecule has 1 saturated heterocycles. The lowest BCUT2D eigenvalue weighted by Crippen LogP contribution is -2.36. The number of nitrogens with zero attached hydrogens (tertiary/aromatic N) is 2. The molecule has 7 heteroatoms. The number of morpholine rings is 1. The quantitative estimate of drug-likeness (QED) is 0.749. The molecule has 2 heterocycles. The average molecular weight is 420 g/mol. The van der Waals surface area contributed by atoms with Gasteiger partial charge in [0.25, 0.3) is 0 Å². The first-order chi connectivity index (χ1) is 12.6. The number of anilines is 2. The summed E-state index contributed by atoms with van der Waals surface area (Å²) >= 11 is 3.56. The molecular weight excluding hydrogens is 398 g/mol. The number of ether oxygens (including phenoxy) is 2. The Morgan fingerprint density at radius 3 is 2.77 bits per heavy atom. The van der Waals surface area contributed by atoms with E-state index < -0.39 is 0 Å². The van der Waals surface area contributed by atoms with E-state index in [4.69, 9.17) is 9.47 Å². The van der Waals surface area contributed by atoms with Gasteiger partial charge in [0.05, 0.1) is 31.6 Å². The molecule has 0 aliphatic carbocycles. The minimum atomic E-state index is -0.371. The maximum Gasteiger partial charge on any atom is 0.339 e. The van der Waals surface area contributed by atoms with Crippen LogP contribution in [0.5, 0.6) is 0 Å². The van der Waals surface area contributed by atoms with E-state index in [1.54, 1.807) is 19.1 Å². The van der Waals surface area contributed by atoms with Gasteiger partial charge in [0.15, 0.2) is 0 Å². The first kappa shape index (κ1) is 18.7. The Hall–Kier alpha value is -2.12. The van der Waals surface area contributed by atoms with Crippen LogP contribution in [0.25, 0.3) is 0 Å². The van der Waals surface area contributed by atoms with Gasteiger partial charge in [-0.2, -0.15) is 0 Å². The number of nitrogens with one attached hydrogen (secondary N) is 1. The van der Waals surface area contributed by atoms with Crippen molar-refractivity contribution in [2.24, 2.45) is 0 Å². The number of halogens is 1. The van der Waals surface area contributed by atoms with Gasteiger partial charge in [-0.3, -0.25) is 0 Å². The Morgan fingerprint density at radius 1 is 1.31 bits per heavy atom. The number of carbonyl (C=O) groups excluding carboxylic acids is 1. The maximum atomic E-state index is 11.7. The number of hydrogen-bond acceptors (Lipinski definition) is 6. The highest BCUT2D eigenvalue weighted by Crippen LogP contribution is 2.27. The SMILES string of the molecule is COC(=O)c1ccc(NCc2ccc(Br)cc2N2CCOCC2)nc1C. The lowest BCUT2D eigenvalue weighted by molar-refractivity contribution is 0.0599. The van der Waals surface area contributed by atoms with Crippen LogP contribution in [0.3, 0.4) is 0 Å². The number of rotatable bonds is 5. The lowest BCUT2D eigenvalue weighted by Gasteiger charge is -2.31. The Morgan fingerprint density at radius 2 is 2.08 bits per heavy atom. The molecule has 0 bridgehead atoms. The van der Waals surface area contributed by atoms with E-state index in [0.717, 1.165) is 36.6 Å². The lowest BCUT2D eigenvalue weighted by atomic mass is 10.1. The predicted octanol–water partition coefficient (Wildman–Crippen LogP) is 3.39. The first-order valence-corrected chi connectivity index (χ1v) is 9.28. The third-order valence-corrected chi connectivity index (χ3v) is 4.84. The van der Waals surface area contributed by atoms with Crippen molar-refractivity contribution in [3.63, 3.8) is 0 Å². The van der Waals surface area contributed by atoms with Gasteiger partial charge in [0, 0.05) is 29.8 Å². The van der Waals surface area contributed by atoms with Gasteiger partial charge in [0.1, 0.15) is 5.82 Å². The van der Waals surface area contributed by atoms with E-state index in [1.165, 1.54) is 18.4 Å². The van der Waals surface area contributed by atoms with Crippen molar-refractivity contribution in [1.29, 1.82) is 0 Å². The molecule has 1 fully saturated rings. The zero-order valence-electron chi connectivity index (χ0n) is 14.9. The van der Waals surface area contributed by atoms with E-state index in [2.05, 4.69) is 43.3 Å². The highest BCUT2D eigenvalue weighted by Gasteiger charge is 2.16. The van der Waals surface area contributed by atoms with Gasteiger partial charge in [-0.15, -0.1) is 0 Å².